The number of amides is 7. The van der Waals surface area contributed by atoms with Gasteiger partial charge >= 0.3 is 18.3 Å². The van der Waals surface area contributed by atoms with Crippen LogP contribution in [0.3, 0.4) is 0 Å². The van der Waals surface area contributed by atoms with Gasteiger partial charge in [0.2, 0.25) is 23.6 Å². The summed E-state index contributed by atoms with van der Waals surface area (Å²) in [7, 11) is 0. The molecule has 0 bridgehead atoms. The molecule has 1 aliphatic carbocycles. The Labute approximate surface area is 461 Å². The van der Waals surface area contributed by atoms with Crippen molar-refractivity contribution in [2.24, 2.45) is 11.3 Å². The quantitative estimate of drug-likeness (QED) is 0.0498. The van der Waals surface area contributed by atoms with Crippen LogP contribution in [0.25, 0.3) is 0 Å². The first-order valence-electron chi connectivity index (χ1n) is 28.0. The Balaban J connectivity index is 1.10. The molecule has 1 spiro atoms. The number of hydrogen-bond donors (Lipinski definition) is 5. The maximum atomic E-state index is 14.6. The van der Waals surface area contributed by atoms with Crippen LogP contribution in [0, 0.1) is 11.3 Å². The van der Waals surface area contributed by atoms with Crippen LogP contribution in [-0.2, 0) is 52.8 Å². The molecule has 2 heterocycles. The first-order valence-corrected chi connectivity index (χ1v) is 28.0. The number of piperidine rings is 1. The maximum Gasteiger partial charge on any atom is 0.410 e. The second-order valence-corrected chi connectivity index (χ2v) is 23.8. The zero-order valence-corrected chi connectivity index (χ0v) is 47.3. The summed E-state index contributed by atoms with van der Waals surface area (Å²) in [5, 5.41) is 14.4. The average molecular weight is 1080 g/mol. The van der Waals surface area contributed by atoms with Crippen LogP contribution in [0.1, 0.15) is 123 Å². The van der Waals surface area contributed by atoms with Crippen LogP contribution in [0.2, 0.25) is 0 Å². The van der Waals surface area contributed by atoms with Gasteiger partial charge in [-0.25, -0.2) is 14.4 Å². The van der Waals surface area contributed by atoms with E-state index in [9.17, 15) is 33.6 Å². The summed E-state index contributed by atoms with van der Waals surface area (Å²) in [6.45, 7) is 18.8. The normalized spacial score (nSPS) is 17.3. The van der Waals surface area contributed by atoms with Crippen molar-refractivity contribution >= 4 is 41.9 Å². The van der Waals surface area contributed by atoms with E-state index < -0.39 is 65.3 Å². The second-order valence-electron chi connectivity index (χ2n) is 23.8. The summed E-state index contributed by atoms with van der Waals surface area (Å²) < 4.78 is 16.5. The number of hydrogen-bond acceptors (Lipinski definition) is 11. The van der Waals surface area contributed by atoms with Crippen LogP contribution in [0.4, 0.5) is 14.4 Å². The van der Waals surface area contributed by atoms with E-state index in [1.165, 1.54) is 0 Å². The smallest absolute Gasteiger partial charge is 0.410 e. The second kappa shape index (κ2) is 28.3. The molecule has 3 fully saturated rings. The van der Waals surface area contributed by atoms with Gasteiger partial charge in [-0.1, -0.05) is 105 Å². The molecule has 1 saturated carbocycles. The first-order chi connectivity index (χ1) is 37.0. The third-order valence-corrected chi connectivity index (χ3v) is 14.5. The Morgan fingerprint density at radius 1 is 0.564 bits per heavy atom. The molecule has 2 saturated heterocycles. The number of nitrogens with zero attached hydrogens (tertiary/aromatic N) is 3. The number of carbonyl (C=O) groups is 7. The summed E-state index contributed by atoms with van der Waals surface area (Å²) >= 11 is 0. The number of ether oxygens (including phenoxy) is 3. The SMILES string of the molecule is CC(C)C[C@@H](NC(=O)[C@@H](Cc1ccccc1)NC(=O)[C@@H](Cc1ccccc1)NC(=O)OC(C)(C)C)C(=O)N[C@H](CCCCNC(=O)OC(C)(C)C)C(=O)N1CCC2(CC1)CC(N1CCN(C(=O)OCc3ccccc3)CC1)C2. The van der Waals surface area contributed by atoms with Gasteiger partial charge in [0, 0.05) is 64.7 Å². The highest BCUT2D eigenvalue weighted by atomic mass is 16.6. The van der Waals surface area contributed by atoms with Crippen molar-refractivity contribution in [1.29, 1.82) is 0 Å². The molecule has 2 aliphatic heterocycles. The summed E-state index contributed by atoms with van der Waals surface area (Å²) in [6, 6.07) is 24.2. The van der Waals surface area contributed by atoms with Gasteiger partial charge in [0.1, 0.15) is 42.0 Å². The van der Waals surface area contributed by atoms with Gasteiger partial charge in [-0.05, 0) is 121 Å². The zero-order valence-electron chi connectivity index (χ0n) is 47.3. The van der Waals surface area contributed by atoms with Crippen molar-refractivity contribution in [2.75, 3.05) is 45.8 Å². The summed E-state index contributed by atoms with van der Waals surface area (Å²) in [6.07, 6.45) is 3.84. The molecule has 0 unspecified atom stereocenters. The third kappa shape index (κ3) is 19.6. The molecule has 0 radical (unpaired) electrons. The fourth-order valence-corrected chi connectivity index (χ4v) is 10.4. The molecule has 78 heavy (non-hydrogen) atoms. The molecule has 6 rings (SSSR count). The maximum absolute atomic E-state index is 14.6. The van der Waals surface area contributed by atoms with E-state index in [-0.39, 0.29) is 49.2 Å². The first kappa shape index (κ1) is 60.5. The van der Waals surface area contributed by atoms with Crippen molar-refractivity contribution in [2.45, 2.75) is 168 Å². The van der Waals surface area contributed by atoms with E-state index in [1.54, 1.807) is 46.4 Å². The molecule has 7 amide bonds. The van der Waals surface area contributed by atoms with E-state index >= 15 is 0 Å². The Kier molecular flexibility index (Phi) is 21.9. The molecule has 3 aromatic rings. The molecular weight excluding hydrogens is 993 g/mol. The monoisotopic (exact) mass is 1080 g/mol. The van der Waals surface area contributed by atoms with E-state index in [4.69, 9.17) is 14.2 Å². The lowest BCUT2D eigenvalue weighted by Crippen LogP contribution is -2.61. The minimum atomic E-state index is -1.17. The lowest BCUT2D eigenvalue weighted by molar-refractivity contribution is -0.141. The number of piperazine rings is 1. The number of nitrogens with one attached hydrogen (secondary N) is 5. The molecule has 0 aromatic heterocycles. The Morgan fingerprint density at radius 3 is 1.56 bits per heavy atom. The average Bonchev–Trinajstić information content (AvgIpc) is 3.41. The molecule has 3 aromatic carbocycles. The number of likely N-dealkylation sites (tertiary alicyclic amines) is 1. The van der Waals surface area contributed by atoms with Crippen molar-refractivity contribution in [1.82, 2.24) is 41.3 Å². The van der Waals surface area contributed by atoms with Gasteiger partial charge < -0.3 is 50.6 Å². The van der Waals surface area contributed by atoms with Crippen LogP contribution in [-0.4, -0.2) is 144 Å². The van der Waals surface area contributed by atoms with Crippen LogP contribution < -0.4 is 26.6 Å². The molecule has 5 N–H and O–H groups in total. The predicted octanol–water partition coefficient (Wildman–Crippen LogP) is 7.29. The Bertz CT molecular complexity index is 2420. The highest BCUT2D eigenvalue weighted by Gasteiger charge is 2.49. The fourth-order valence-electron chi connectivity index (χ4n) is 10.4. The highest BCUT2D eigenvalue weighted by molar-refractivity contribution is 5.95. The fraction of sp³-hybridized carbons (Fsp3) is 0.583. The van der Waals surface area contributed by atoms with Gasteiger partial charge in [-0.15, -0.1) is 0 Å². The summed E-state index contributed by atoms with van der Waals surface area (Å²) in [4.78, 5) is 103. The summed E-state index contributed by atoms with van der Waals surface area (Å²) in [5.41, 5.74) is 1.11. The number of carbonyl (C=O) groups excluding carboxylic acids is 7. The van der Waals surface area contributed by atoms with Gasteiger partial charge in [-0.3, -0.25) is 24.1 Å². The van der Waals surface area contributed by atoms with E-state index in [0.29, 0.717) is 58.0 Å². The minimum absolute atomic E-state index is 0.0560. The van der Waals surface area contributed by atoms with E-state index in [1.807, 2.05) is 110 Å². The lowest BCUT2D eigenvalue weighted by Gasteiger charge is -2.56. The van der Waals surface area contributed by atoms with Gasteiger partial charge in [0.25, 0.3) is 0 Å². The van der Waals surface area contributed by atoms with E-state index in [2.05, 4.69) is 31.5 Å². The topological polar surface area (TPSA) is 217 Å². The Hall–Kier alpha value is -6.69. The van der Waals surface area contributed by atoms with Crippen LogP contribution >= 0.6 is 0 Å². The molecule has 426 valence electrons. The number of unbranched alkanes of at least 4 members (excludes halogenated alkanes) is 1. The Morgan fingerprint density at radius 2 is 1.04 bits per heavy atom. The standard InChI is InChI=1S/C60H86N8O10/c1-42(2)36-48(63-52(70)49(37-43-20-12-9-13-21-43)64-53(71)50(38-44-22-14-10-15-23-44)65-56(74)78-59(6,7)8)51(69)62-47(26-18-19-29-61-55(73)77-58(3,4)5)54(72)67-30-27-60(28-31-67)39-46(40-60)66-32-34-68(35-33-66)57(75)76-41-45-24-16-11-17-25-45/h9-17,20-25,42,46-50H,18-19,26-41H2,1-8H3,(H,61,73)(H,62,69)(H,63,70)(H,64,71)(H,65,74)/t47-,48-,49-,50-/m1/s1. The largest absolute Gasteiger partial charge is 0.445 e. The zero-order chi connectivity index (χ0) is 56.5. The predicted molar refractivity (Wildman–Crippen MR) is 298 cm³/mol. The van der Waals surface area contributed by atoms with Crippen molar-refractivity contribution < 1.29 is 47.8 Å². The van der Waals surface area contributed by atoms with Crippen molar-refractivity contribution in [3.63, 3.8) is 0 Å². The molecular formula is C60H86N8O10. The van der Waals surface area contributed by atoms with Crippen molar-refractivity contribution in [3.8, 4) is 0 Å². The molecule has 4 atom stereocenters. The van der Waals surface area contributed by atoms with Crippen LogP contribution in [0.5, 0.6) is 0 Å². The van der Waals surface area contributed by atoms with Gasteiger partial charge in [0.05, 0.1) is 0 Å². The number of alkyl carbamates (subject to hydrolysis) is 2. The minimum Gasteiger partial charge on any atom is -0.445 e. The molecule has 18 heteroatoms. The molecule has 18 nitrogen and oxygen atoms in total. The van der Waals surface area contributed by atoms with Gasteiger partial charge in [-0.2, -0.15) is 0 Å². The summed E-state index contributed by atoms with van der Waals surface area (Å²) in [5.74, 6) is -2.01. The number of benzene rings is 3. The van der Waals surface area contributed by atoms with Crippen LogP contribution in [0.15, 0.2) is 91.0 Å². The van der Waals surface area contributed by atoms with Gasteiger partial charge in [0.15, 0.2) is 0 Å². The number of rotatable bonds is 22. The van der Waals surface area contributed by atoms with Crippen molar-refractivity contribution in [3.05, 3.63) is 108 Å². The highest BCUT2D eigenvalue weighted by Crippen LogP contribution is 2.51. The molecule has 3 aliphatic rings. The third-order valence-electron chi connectivity index (χ3n) is 14.5. The lowest BCUT2D eigenvalue weighted by atomic mass is 9.60. The van der Waals surface area contributed by atoms with E-state index in [0.717, 1.165) is 55.5 Å².